The second-order valence-corrected chi connectivity index (χ2v) is 5.47. The second kappa shape index (κ2) is 5.69. The number of fused-ring (bicyclic) bond motifs is 1. The highest BCUT2D eigenvalue weighted by atomic mass is 35.5. The Kier molecular flexibility index (Phi) is 3.75. The van der Waals surface area contributed by atoms with Crippen LogP contribution >= 0.6 is 11.6 Å². The fourth-order valence-electron chi connectivity index (χ4n) is 2.70. The molecule has 2 aromatic rings. The van der Waals surface area contributed by atoms with Crippen molar-refractivity contribution in [2.24, 2.45) is 0 Å². The van der Waals surface area contributed by atoms with E-state index in [0.29, 0.717) is 0 Å². The largest absolute Gasteiger partial charge is 0.377 e. The van der Waals surface area contributed by atoms with Gasteiger partial charge in [-0.3, -0.25) is 15.1 Å². The van der Waals surface area contributed by atoms with Crippen LogP contribution in [0.1, 0.15) is 30.1 Å². The molecule has 3 rings (SSSR count). The number of benzene rings is 1. The van der Waals surface area contributed by atoms with Crippen LogP contribution in [0.4, 0.5) is 11.4 Å². The first-order chi connectivity index (χ1) is 10.1. The van der Waals surface area contributed by atoms with Gasteiger partial charge in [-0.1, -0.05) is 17.7 Å². The number of halogens is 1. The third-order valence-corrected chi connectivity index (χ3v) is 3.98. The molecule has 1 aliphatic rings. The van der Waals surface area contributed by atoms with Crippen molar-refractivity contribution in [3.8, 4) is 0 Å². The van der Waals surface area contributed by atoms with Gasteiger partial charge in [0.2, 0.25) is 0 Å². The zero-order valence-corrected chi connectivity index (χ0v) is 12.0. The molecule has 6 heteroatoms. The summed E-state index contributed by atoms with van der Waals surface area (Å²) in [7, 11) is 0. The minimum absolute atomic E-state index is 0.0793. The summed E-state index contributed by atoms with van der Waals surface area (Å²) < 4.78 is 0. The van der Waals surface area contributed by atoms with Gasteiger partial charge in [0.25, 0.3) is 5.69 Å². The standard InChI is InChI=1S/C15H14ClN3O2/c16-12-9-11(6-7-14(12)19(20)21)18-13-5-1-3-10-4-2-8-17-15(10)13/h2,4,6-9,13,18H,1,3,5H2. The van der Waals surface area contributed by atoms with Crippen molar-refractivity contribution < 1.29 is 4.92 Å². The lowest BCUT2D eigenvalue weighted by Gasteiger charge is -2.26. The Labute approximate surface area is 127 Å². The van der Waals surface area contributed by atoms with Gasteiger partial charge in [-0.25, -0.2) is 0 Å². The zero-order chi connectivity index (χ0) is 14.8. The number of aromatic nitrogens is 1. The van der Waals surface area contributed by atoms with Crippen LogP contribution in [0.2, 0.25) is 5.02 Å². The summed E-state index contributed by atoms with van der Waals surface area (Å²) in [4.78, 5) is 14.8. The van der Waals surface area contributed by atoms with E-state index >= 15 is 0 Å². The molecule has 0 aliphatic heterocycles. The molecule has 21 heavy (non-hydrogen) atoms. The van der Waals surface area contributed by atoms with E-state index in [2.05, 4.69) is 16.4 Å². The van der Waals surface area contributed by atoms with Crippen LogP contribution in [-0.2, 0) is 6.42 Å². The molecule has 5 nitrogen and oxygen atoms in total. The number of anilines is 1. The lowest BCUT2D eigenvalue weighted by atomic mass is 9.92. The van der Waals surface area contributed by atoms with E-state index in [0.717, 1.165) is 30.6 Å². The van der Waals surface area contributed by atoms with Crippen LogP contribution in [0.25, 0.3) is 0 Å². The third-order valence-electron chi connectivity index (χ3n) is 3.68. The topological polar surface area (TPSA) is 68.1 Å². The molecule has 1 unspecified atom stereocenters. The van der Waals surface area contributed by atoms with Crippen LogP contribution < -0.4 is 5.32 Å². The molecule has 108 valence electrons. The van der Waals surface area contributed by atoms with Crippen molar-refractivity contribution in [1.82, 2.24) is 4.98 Å². The Hall–Kier alpha value is -2.14. The fraction of sp³-hybridized carbons (Fsp3) is 0.267. The Morgan fingerprint density at radius 3 is 3.00 bits per heavy atom. The average molecular weight is 304 g/mol. The van der Waals surface area contributed by atoms with E-state index in [4.69, 9.17) is 11.6 Å². The monoisotopic (exact) mass is 303 g/mol. The lowest BCUT2D eigenvalue weighted by Crippen LogP contribution is -2.18. The van der Waals surface area contributed by atoms with Crippen LogP contribution in [0, 0.1) is 10.1 Å². The Morgan fingerprint density at radius 1 is 1.38 bits per heavy atom. The van der Waals surface area contributed by atoms with Gasteiger partial charge in [0.15, 0.2) is 0 Å². The number of aryl methyl sites for hydroxylation is 1. The summed E-state index contributed by atoms with van der Waals surface area (Å²) in [6.45, 7) is 0. The quantitative estimate of drug-likeness (QED) is 0.683. The van der Waals surface area contributed by atoms with Crippen LogP contribution in [-0.4, -0.2) is 9.91 Å². The van der Waals surface area contributed by atoms with E-state index in [1.807, 2.05) is 6.07 Å². The molecule has 0 fully saturated rings. The highest BCUT2D eigenvalue weighted by Crippen LogP contribution is 2.33. The van der Waals surface area contributed by atoms with Gasteiger partial charge in [-0.05, 0) is 43.0 Å². The maximum atomic E-state index is 10.8. The molecule has 1 atom stereocenters. The highest BCUT2D eigenvalue weighted by Gasteiger charge is 2.21. The van der Waals surface area contributed by atoms with Gasteiger partial charge < -0.3 is 5.32 Å². The molecular weight excluding hydrogens is 290 g/mol. The Bertz CT molecular complexity index is 690. The van der Waals surface area contributed by atoms with Gasteiger partial charge in [0, 0.05) is 18.0 Å². The average Bonchev–Trinajstić information content (AvgIpc) is 2.47. The summed E-state index contributed by atoms with van der Waals surface area (Å²) in [5.41, 5.74) is 3.01. The molecule has 1 heterocycles. The van der Waals surface area contributed by atoms with Crippen LogP contribution in [0.3, 0.4) is 0 Å². The predicted molar refractivity (Wildman–Crippen MR) is 81.6 cm³/mol. The van der Waals surface area contributed by atoms with Crippen LogP contribution in [0.15, 0.2) is 36.5 Å². The van der Waals surface area contributed by atoms with Gasteiger partial charge in [-0.15, -0.1) is 0 Å². The molecule has 0 radical (unpaired) electrons. The van der Waals surface area contributed by atoms with Crippen molar-refractivity contribution in [2.75, 3.05) is 5.32 Å². The number of nitrogens with zero attached hydrogens (tertiary/aromatic N) is 2. The highest BCUT2D eigenvalue weighted by molar-refractivity contribution is 6.32. The molecule has 0 spiro atoms. The molecule has 1 aliphatic carbocycles. The molecular formula is C15H14ClN3O2. The Balaban J connectivity index is 1.85. The molecule has 1 N–H and O–H groups in total. The predicted octanol–water partition coefficient (Wildman–Crippen LogP) is 4.13. The summed E-state index contributed by atoms with van der Waals surface area (Å²) >= 11 is 5.95. The van der Waals surface area contributed by atoms with Crippen molar-refractivity contribution in [1.29, 1.82) is 0 Å². The number of nitro benzene ring substituents is 1. The van der Waals surface area contributed by atoms with Crippen molar-refractivity contribution >= 4 is 23.0 Å². The second-order valence-electron chi connectivity index (χ2n) is 5.06. The SMILES string of the molecule is O=[N+]([O-])c1ccc(NC2CCCc3cccnc32)cc1Cl. The van der Waals surface area contributed by atoms with Gasteiger partial charge >= 0.3 is 0 Å². The number of hydrogen-bond donors (Lipinski definition) is 1. The van der Waals surface area contributed by atoms with E-state index in [-0.39, 0.29) is 16.8 Å². The first-order valence-corrected chi connectivity index (χ1v) is 7.17. The summed E-state index contributed by atoms with van der Waals surface area (Å²) in [6.07, 6.45) is 4.92. The number of pyridine rings is 1. The van der Waals surface area contributed by atoms with Gasteiger partial charge in [-0.2, -0.15) is 0 Å². The van der Waals surface area contributed by atoms with Gasteiger partial charge in [0.1, 0.15) is 5.02 Å². The lowest BCUT2D eigenvalue weighted by molar-refractivity contribution is -0.384. The maximum absolute atomic E-state index is 10.8. The number of nitro groups is 1. The van der Waals surface area contributed by atoms with E-state index in [1.54, 1.807) is 18.3 Å². The summed E-state index contributed by atoms with van der Waals surface area (Å²) in [5.74, 6) is 0. The van der Waals surface area contributed by atoms with Crippen molar-refractivity contribution in [2.45, 2.75) is 25.3 Å². The summed E-state index contributed by atoms with van der Waals surface area (Å²) in [6, 6.07) is 8.86. The third kappa shape index (κ3) is 2.83. The van der Waals surface area contributed by atoms with Crippen LogP contribution in [0.5, 0.6) is 0 Å². The smallest absolute Gasteiger partial charge is 0.288 e. The number of hydrogen-bond acceptors (Lipinski definition) is 4. The van der Waals surface area contributed by atoms with E-state index < -0.39 is 4.92 Å². The maximum Gasteiger partial charge on any atom is 0.288 e. The number of nitrogens with one attached hydrogen (secondary N) is 1. The van der Waals surface area contributed by atoms with Gasteiger partial charge in [0.05, 0.1) is 16.7 Å². The molecule has 1 aromatic heterocycles. The molecule has 0 bridgehead atoms. The first kappa shape index (κ1) is 13.8. The normalized spacial score (nSPS) is 17.1. The minimum Gasteiger partial charge on any atom is -0.377 e. The van der Waals surface area contributed by atoms with E-state index in [9.17, 15) is 10.1 Å². The van der Waals surface area contributed by atoms with E-state index in [1.165, 1.54) is 11.6 Å². The number of rotatable bonds is 3. The zero-order valence-electron chi connectivity index (χ0n) is 11.3. The molecule has 0 saturated heterocycles. The fourth-order valence-corrected chi connectivity index (χ4v) is 2.95. The Morgan fingerprint density at radius 2 is 2.24 bits per heavy atom. The molecule has 0 amide bonds. The molecule has 1 aromatic carbocycles. The van der Waals surface area contributed by atoms with Crippen molar-refractivity contribution in [3.05, 3.63) is 62.9 Å². The minimum atomic E-state index is -0.483. The van der Waals surface area contributed by atoms with Crippen molar-refractivity contribution in [3.63, 3.8) is 0 Å². The summed E-state index contributed by atoms with van der Waals surface area (Å²) in [5, 5.41) is 14.3. The molecule has 0 saturated carbocycles. The first-order valence-electron chi connectivity index (χ1n) is 6.79.